The SMILES string of the molecule is CN(C=CNCCCN(C)C(=O)c1ccc(C(=O)N(C)CCCn2cc[n+](C)c2N=Nc2ccc(Nc3ccc(N4CCCC4)cc3)cc2)cc1)CNN(C)c1ccc(Nc2ccc(N3CCCC3)cc2)cc1. The molecule has 0 radical (unpaired) electrons. The summed E-state index contributed by atoms with van der Waals surface area (Å²) in [7, 11) is 9.57. The van der Waals surface area contributed by atoms with Crippen molar-refractivity contribution >= 4 is 63.3 Å². The monoisotopic (exact) mass is 986 g/mol. The molecular formula is C57H73N14O2+. The minimum atomic E-state index is -0.0944. The highest BCUT2D eigenvalue weighted by Gasteiger charge is 2.19. The van der Waals surface area contributed by atoms with E-state index in [-0.39, 0.29) is 11.8 Å². The van der Waals surface area contributed by atoms with Gasteiger partial charge in [0.2, 0.25) is 0 Å². The van der Waals surface area contributed by atoms with E-state index in [9.17, 15) is 9.59 Å². The number of carbonyl (C=O) groups is 2. The van der Waals surface area contributed by atoms with Crippen LogP contribution in [-0.4, -0.2) is 112 Å². The Kier molecular flexibility index (Phi) is 18.0. The number of hydrogen-bond acceptors (Lipinski definition) is 12. The second-order valence-corrected chi connectivity index (χ2v) is 19.1. The minimum absolute atomic E-state index is 0.0811. The summed E-state index contributed by atoms with van der Waals surface area (Å²) < 4.78 is 3.98. The summed E-state index contributed by atoms with van der Waals surface area (Å²) >= 11 is 0. The molecule has 16 nitrogen and oxygen atoms in total. The average Bonchev–Trinajstić information content (AvgIpc) is 4.24. The molecule has 73 heavy (non-hydrogen) atoms. The molecule has 2 amide bonds. The van der Waals surface area contributed by atoms with Crippen LogP contribution in [0.5, 0.6) is 0 Å². The third-order valence-corrected chi connectivity index (χ3v) is 13.5. The van der Waals surface area contributed by atoms with Crippen molar-refractivity contribution in [3.8, 4) is 0 Å². The zero-order valence-electron chi connectivity index (χ0n) is 43.3. The highest BCUT2D eigenvalue weighted by molar-refractivity contribution is 5.97. The Bertz CT molecular complexity index is 2730. The number of carbonyl (C=O) groups excluding carboxylic acids is 2. The van der Waals surface area contributed by atoms with E-state index in [4.69, 9.17) is 0 Å². The molecule has 4 N–H and O–H groups in total. The van der Waals surface area contributed by atoms with Crippen molar-refractivity contribution in [2.24, 2.45) is 17.3 Å². The molecule has 2 aliphatic heterocycles. The lowest BCUT2D eigenvalue weighted by molar-refractivity contribution is -0.657. The van der Waals surface area contributed by atoms with E-state index in [1.807, 2.05) is 91.4 Å². The lowest BCUT2D eigenvalue weighted by atomic mass is 10.1. The Hall–Kier alpha value is -7.85. The van der Waals surface area contributed by atoms with Crippen molar-refractivity contribution in [2.45, 2.75) is 45.1 Å². The van der Waals surface area contributed by atoms with Gasteiger partial charge in [0.25, 0.3) is 11.8 Å². The van der Waals surface area contributed by atoms with Crippen molar-refractivity contribution in [1.29, 1.82) is 0 Å². The van der Waals surface area contributed by atoms with Gasteiger partial charge in [0, 0.05) is 137 Å². The molecule has 382 valence electrons. The van der Waals surface area contributed by atoms with E-state index in [1.165, 1.54) is 37.1 Å². The Morgan fingerprint density at radius 2 is 1.10 bits per heavy atom. The number of imidazole rings is 1. The smallest absolute Gasteiger partial charge is 0.390 e. The van der Waals surface area contributed by atoms with Gasteiger partial charge in [-0.3, -0.25) is 9.59 Å². The van der Waals surface area contributed by atoms with Crippen LogP contribution in [0.3, 0.4) is 0 Å². The molecule has 0 bridgehead atoms. The summed E-state index contributed by atoms with van der Waals surface area (Å²) in [6.45, 7) is 7.70. The number of rotatable bonds is 24. The summed E-state index contributed by atoms with van der Waals surface area (Å²) in [6, 6.07) is 40.5. The second-order valence-electron chi connectivity index (χ2n) is 19.1. The molecule has 0 saturated carbocycles. The van der Waals surface area contributed by atoms with Crippen LogP contribution in [0, 0.1) is 0 Å². The van der Waals surface area contributed by atoms with Crippen LogP contribution < -0.4 is 40.8 Å². The molecular weight excluding hydrogens is 913 g/mol. The largest absolute Gasteiger partial charge is 0.421 e. The fourth-order valence-corrected chi connectivity index (χ4v) is 9.02. The van der Waals surface area contributed by atoms with Crippen LogP contribution in [0.4, 0.5) is 51.4 Å². The molecule has 6 aromatic rings. The molecule has 2 aliphatic rings. The summed E-state index contributed by atoms with van der Waals surface area (Å²) in [6.07, 6.45) is 14.4. The maximum absolute atomic E-state index is 13.4. The Morgan fingerprint density at radius 3 is 1.62 bits per heavy atom. The third kappa shape index (κ3) is 14.6. The van der Waals surface area contributed by atoms with Gasteiger partial charge in [0.15, 0.2) is 0 Å². The Morgan fingerprint density at radius 1 is 0.616 bits per heavy atom. The first-order chi connectivity index (χ1) is 35.6. The summed E-state index contributed by atoms with van der Waals surface area (Å²) in [4.78, 5) is 37.0. The third-order valence-electron chi connectivity index (χ3n) is 13.5. The first-order valence-corrected chi connectivity index (χ1v) is 25.7. The molecule has 0 atom stereocenters. The van der Waals surface area contributed by atoms with E-state index in [0.717, 1.165) is 73.1 Å². The predicted octanol–water partition coefficient (Wildman–Crippen LogP) is 9.63. The van der Waals surface area contributed by atoms with Gasteiger partial charge in [0.05, 0.1) is 38.3 Å². The van der Waals surface area contributed by atoms with Crippen LogP contribution >= 0.6 is 0 Å². The standard InChI is InChI=1S/C57H72N14O2/c1-64(44-59-68(5)52-26-20-48(21-27-52)61-50-24-30-54(31-25-50)70-38-8-9-39-70)41-33-58-32-10-34-65(2)55(72)45-12-14-46(15-13-45)56(73)66(3)35-11-40-71-43-42-67(4)57(71)63-62-51-18-16-47(17-19-51)60-49-22-28-53(29-23-49)69-36-6-7-37-69/h12-31,33,41-43,58-59,61H,6-11,32,34-40,44H2,1-5H3/p+1. The number of amides is 2. The van der Waals surface area contributed by atoms with Gasteiger partial charge in [-0.1, -0.05) is 5.11 Å². The van der Waals surface area contributed by atoms with Gasteiger partial charge in [-0.15, -0.1) is 0 Å². The molecule has 3 heterocycles. The fourth-order valence-electron chi connectivity index (χ4n) is 9.02. The van der Waals surface area contributed by atoms with Crippen LogP contribution in [0.1, 0.15) is 59.2 Å². The van der Waals surface area contributed by atoms with Gasteiger partial charge < -0.3 is 45.5 Å². The highest BCUT2D eigenvalue weighted by Crippen LogP contribution is 2.27. The fraction of sp³-hybridized carbons (Fsp3) is 0.351. The number of nitrogens with zero attached hydrogens (tertiary/aromatic N) is 10. The van der Waals surface area contributed by atoms with Gasteiger partial charge in [-0.25, -0.2) is 14.6 Å². The van der Waals surface area contributed by atoms with Crippen molar-refractivity contribution < 1.29 is 14.2 Å². The molecule has 0 spiro atoms. The van der Waals surface area contributed by atoms with Crippen molar-refractivity contribution in [1.82, 2.24) is 30.0 Å². The van der Waals surface area contributed by atoms with Crippen LogP contribution in [-0.2, 0) is 13.6 Å². The molecule has 5 aromatic carbocycles. The van der Waals surface area contributed by atoms with Crippen molar-refractivity contribution in [3.63, 3.8) is 0 Å². The van der Waals surface area contributed by atoms with E-state index in [0.29, 0.717) is 49.9 Å². The van der Waals surface area contributed by atoms with Gasteiger partial charge in [0.1, 0.15) is 5.69 Å². The predicted molar refractivity (Wildman–Crippen MR) is 296 cm³/mol. The number of hydrogen-bond donors (Lipinski definition) is 4. The Labute approximate surface area is 431 Å². The summed E-state index contributed by atoms with van der Waals surface area (Å²) in [5, 5.41) is 21.4. The van der Waals surface area contributed by atoms with E-state index in [1.54, 1.807) is 41.1 Å². The number of aryl methyl sites for hydroxylation is 2. The lowest BCUT2D eigenvalue weighted by Crippen LogP contribution is -2.40. The molecule has 8 rings (SSSR count). The van der Waals surface area contributed by atoms with E-state index in [2.05, 4.69) is 119 Å². The number of anilines is 7. The topological polar surface area (TPSA) is 135 Å². The van der Waals surface area contributed by atoms with Gasteiger partial charge in [-0.2, -0.15) is 0 Å². The quantitative estimate of drug-likeness (QED) is 0.0153. The number of aromatic nitrogens is 2. The average molecular weight is 986 g/mol. The molecule has 2 fully saturated rings. The van der Waals surface area contributed by atoms with Crippen LogP contribution in [0.25, 0.3) is 0 Å². The molecule has 2 saturated heterocycles. The lowest BCUT2D eigenvalue weighted by Gasteiger charge is -2.24. The molecule has 0 unspecified atom stereocenters. The zero-order chi connectivity index (χ0) is 50.9. The normalized spacial score (nSPS) is 13.5. The maximum atomic E-state index is 13.4. The molecule has 16 heteroatoms. The highest BCUT2D eigenvalue weighted by atomic mass is 16.2. The molecule has 1 aromatic heterocycles. The number of hydrazine groups is 1. The Balaban J connectivity index is 0.690. The number of nitrogens with one attached hydrogen (secondary N) is 4. The van der Waals surface area contributed by atoms with Gasteiger partial charge >= 0.3 is 5.95 Å². The second kappa shape index (κ2) is 25.5. The molecule has 0 aliphatic carbocycles. The first kappa shape index (κ1) is 51.5. The number of azo groups is 1. The van der Waals surface area contributed by atoms with Crippen molar-refractivity contribution in [2.75, 3.05) is 106 Å². The van der Waals surface area contributed by atoms with E-state index >= 15 is 0 Å². The van der Waals surface area contributed by atoms with Crippen LogP contribution in [0.2, 0.25) is 0 Å². The van der Waals surface area contributed by atoms with E-state index < -0.39 is 0 Å². The maximum Gasteiger partial charge on any atom is 0.421 e. The van der Waals surface area contributed by atoms with Gasteiger partial charge in [-0.05, 0) is 160 Å². The first-order valence-electron chi connectivity index (χ1n) is 25.7. The van der Waals surface area contributed by atoms with Crippen molar-refractivity contribution in [3.05, 3.63) is 157 Å². The van der Waals surface area contributed by atoms with Crippen LogP contribution in [0.15, 0.2) is 156 Å². The number of benzene rings is 5. The summed E-state index contributed by atoms with van der Waals surface area (Å²) in [5.41, 5.74) is 13.0. The minimum Gasteiger partial charge on any atom is -0.390 e. The summed E-state index contributed by atoms with van der Waals surface area (Å²) in [5.74, 6) is 0.538. The zero-order valence-corrected chi connectivity index (χ0v) is 43.3.